The lowest BCUT2D eigenvalue weighted by atomic mass is 10.1. The average Bonchev–Trinajstić information content (AvgIpc) is 2.49. The summed E-state index contributed by atoms with van der Waals surface area (Å²) in [6.07, 6.45) is -4.53. The van der Waals surface area contributed by atoms with Crippen LogP contribution >= 0.6 is 0 Å². The monoisotopic (exact) mass is 341 g/mol. The van der Waals surface area contributed by atoms with Crippen LogP contribution in [0.3, 0.4) is 0 Å². The number of alkyl halides is 3. The number of halogens is 4. The van der Waals surface area contributed by atoms with E-state index in [2.05, 4.69) is 5.32 Å². The van der Waals surface area contributed by atoms with Crippen LogP contribution < -0.4 is 10.2 Å². The molecule has 0 heterocycles. The molecule has 24 heavy (non-hydrogen) atoms. The third-order valence-electron chi connectivity index (χ3n) is 3.39. The number of hydrogen-bond acceptors (Lipinski definition) is 1. The second kappa shape index (κ2) is 7.44. The summed E-state index contributed by atoms with van der Waals surface area (Å²) in [7, 11) is 1.73. The number of hydrogen-bond donors (Lipinski definition) is 2. The van der Waals surface area contributed by atoms with Crippen molar-refractivity contribution in [1.82, 2.24) is 0 Å². The van der Waals surface area contributed by atoms with Crippen molar-refractivity contribution < 1.29 is 27.3 Å². The second-order valence-corrected chi connectivity index (χ2v) is 5.53. The van der Waals surface area contributed by atoms with Crippen LogP contribution in [0, 0.1) is 5.82 Å². The van der Waals surface area contributed by atoms with Gasteiger partial charge < -0.3 is 10.2 Å². The Morgan fingerprint density at radius 1 is 1.08 bits per heavy atom. The van der Waals surface area contributed by atoms with Gasteiger partial charge in [-0.1, -0.05) is 24.3 Å². The molecular weight excluding hydrogens is 324 g/mol. The molecule has 0 bridgehead atoms. The molecule has 0 fully saturated rings. The molecule has 0 spiro atoms. The van der Waals surface area contributed by atoms with Gasteiger partial charge in [0.15, 0.2) is 6.54 Å². The largest absolute Gasteiger partial charge is 0.418 e. The first-order valence-corrected chi connectivity index (χ1v) is 7.27. The molecule has 1 amide bonds. The van der Waals surface area contributed by atoms with Crippen LogP contribution in [-0.2, 0) is 17.5 Å². The maximum absolute atomic E-state index is 12.9. The number of carbonyl (C=O) groups is 1. The molecule has 2 rings (SSSR count). The van der Waals surface area contributed by atoms with Crippen LogP contribution in [0.25, 0.3) is 0 Å². The van der Waals surface area contributed by atoms with Gasteiger partial charge in [0.25, 0.3) is 5.91 Å². The Labute approximate surface area is 136 Å². The van der Waals surface area contributed by atoms with Crippen LogP contribution in [0.5, 0.6) is 0 Å². The average molecular weight is 341 g/mol. The van der Waals surface area contributed by atoms with Crippen molar-refractivity contribution in [3.63, 3.8) is 0 Å². The summed E-state index contributed by atoms with van der Waals surface area (Å²) in [5.74, 6) is -0.871. The summed E-state index contributed by atoms with van der Waals surface area (Å²) in [6, 6.07) is 10.7. The number of quaternary nitrogens is 1. The Kier molecular flexibility index (Phi) is 5.56. The fourth-order valence-corrected chi connectivity index (χ4v) is 2.32. The molecule has 7 heteroatoms. The SMILES string of the molecule is C[NH+](CC(=O)Nc1ccccc1C(F)(F)F)Cc1ccc(F)cc1. The van der Waals surface area contributed by atoms with Crippen molar-refractivity contribution in [3.8, 4) is 0 Å². The first-order chi connectivity index (χ1) is 11.3. The lowest BCUT2D eigenvalue weighted by Crippen LogP contribution is -3.08. The number of rotatable bonds is 5. The minimum atomic E-state index is -4.53. The molecule has 1 atom stereocenters. The van der Waals surface area contributed by atoms with Crippen LogP contribution in [0.15, 0.2) is 48.5 Å². The molecule has 2 aromatic rings. The summed E-state index contributed by atoms with van der Waals surface area (Å²) in [4.78, 5) is 12.8. The van der Waals surface area contributed by atoms with Crippen LogP contribution in [0.1, 0.15) is 11.1 Å². The highest BCUT2D eigenvalue weighted by Gasteiger charge is 2.33. The van der Waals surface area contributed by atoms with Crippen molar-refractivity contribution in [2.24, 2.45) is 0 Å². The number of nitrogens with one attached hydrogen (secondary N) is 2. The van der Waals surface area contributed by atoms with E-state index in [0.29, 0.717) is 6.54 Å². The molecule has 0 aliphatic carbocycles. The second-order valence-electron chi connectivity index (χ2n) is 5.53. The highest BCUT2D eigenvalue weighted by atomic mass is 19.4. The molecule has 0 radical (unpaired) electrons. The van der Waals surface area contributed by atoms with Gasteiger partial charge in [-0.2, -0.15) is 13.2 Å². The van der Waals surface area contributed by atoms with E-state index in [1.807, 2.05) is 0 Å². The Hall–Kier alpha value is -2.41. The summed E-state index contributed by atoms with van der Waals surface area (Å²) in [5, 5.41) is 2.30. The first kappa shape index (κ1) is 17.9. The molecule has 2 aromatic carbocycles. The van der Waals surface area contributed by atoms with E-state index < -0.39 is 17.6 Å². The van der Waals surface area contributed by atoms with Gasteiger partial charge in [-0.3, -0.25) is 4.79 Å². The topological polar surface area (TPSA) is 33.5 Å². The standard InChI is InChI=1S/C17H16F4N2O/c1-23(10-12-6-8-13(18)9-7-12)11-16(24)22-15-5-3-2-4-14(15)17(19,20)21/h2-9H,10-11H2,1H3,(H,22,24)/p+1. The third-order valence-corrected chi connectivity index (χ3v) is 3.39. The summed E-state index contributed by atoms with van der Waals surface area (Å²) >= 11 is 0. The quantitative estimate of drug-likeness (QED) is 0.805. The van der Waals surface area contributed by atoms with Crippen molar-refractivity contribution in [2.45, 2.75) is 12.7 Å². The van der Waals surface area contributed by atoms with Crippen molar-refractivity contribution >= 4 is 11.6 Å². The maximum Gasteiger partial charge on any atom is 0.418 e. The van der Waals surface area contributed by atoms with Crippen LogP contribution in [0.2, 0.25) is 0 Å². The lowest BCUT2D eigenvalue weighted by Gasteiger charge is -2.16. The van der Waals surface area contributed by atoms with E-state index in [4.69, 9.17) is 0 Å². The van der Waals surface area contributed by atoms with Crippen LogP contribution in [0.4, 0.5) is 23.2 Å². The normalized spacial score (nSPS) is 12.7. The molecule has 0 saturated heterocycles. The predicted molar refractivity (Wildman–Crippen MR) is 81.9 cm³/mol. The summed E-state index contributed by atoms with van der Waals surface area (Å²) in [6.45, 7) is 0.443. The number of para-hydroxylation sites is 1. The van der Waals surface area contributed by atoms with Gasteiger partial charge in [-0.15, -0.1) is 0 Å². The van der Waals surface area contributed by atoms with Gasteiger partial charge in [0.2, 0.25) is 0 Å². The number of likely N-dealkylation sites (N-methyl/N-ethyl adjacent to an activating group) is 1. The number of anilines is 1. The Bertz CT molecular complexity index is 698. The van der Waals surface area contributed by atoms with Gasteiger partial charge in [0.1, 0.15) is 12.4 Å². The molecule has 0 aromatic heterocycles. The minimum absolute atomic E-state index is 0.0103. The fourth-order valence-electron chi connectivity index (χ4n) is 2.32. The fraction of sp³-hybridized carbons (Fsp3) is 0.235. The van der Waals surface area contributed by atoms with Gasteiger partial charge in [-0.25, -0.2) is 4.39 Å². The molecule has 3 nitrogen and oxygen atoms in total. The zero-order valence-corrected chi connectivity index (χ0v) is 13.0. The zero-order valence-electron chi connectivity index (χ0n) is 13.0. The van der Waals surface area contributed by atoms with Crippen molar-refractivity contribution in [2.75, 3.05) is 18.9 Å². The smallest absolute Gasteiger partial charge is 0.326 e. The number of benzene rings is 2. The van der Waals surface area contributed by atoms with Gasteiger partial charge in [0, 0.05) is 5.56 Å². The minimum Gasteiger partial charge on any atom is -0.326 e. The zero-order chi connectivity index (χ0) is 17.7. The summed E-state index contributed by atoms with van der Waals surface area (Å²) < 4.78 is 51.5. The predicted octanol–water partition coefficient (Wildman–Crippen LogP) is 2.50. The molecule has 0 aliphatic heterocycles. The van der Waals surface area contributed by atoms with E-state index in [9.17, 15) is 22.4 Å². The highest BCUT2D eigenvalue weighted by Crippen LogP contribution is 2.34. The molecular formula is C17H17F4N2O+. The van der Waals surface area contributed by atoms with Gasteiger partial charge >= 0.3 is 6.18 Å². The Morgan fingerprint density at radius 2 is 1.71 bits per heavy atom. The maximum atomic E-state index is 12.9. The molecule has 2 N–H and O–H groups in total. The van der Waals surface area contributed by atoms with Crippen LogP contribution in [-0.4, -0.2) is 19.5 Å². The van der Waals surface area contributed by atoms with Crippen molar-refractivity contribution in [3.05, 3.63) is 65.5 Å². The molecule has 128 valence electrons. The Morgan fingerprint density at radius 3 is 2.33 bits per heavy atom. The molecule has 0 saturated carbocycles. The molecule has 1 unspecified atom stereocenters. The highest BCUT2D eigenvalue weighted by molar-refractivity contribution is 5.92. The Balaban J connectivity index is 1.97. The number of amides is 1. The summed E-state index contributed by atoms with van der Waals surface area (Å²) in [5.41, 5.74) is -0.309. The van der Waals surface area contributed by atoms with E-state index in [1.54, 1.807) is 19.2 Å². The first-order valence-electron chi connectivity index (χ1n) is 7.27. The molecule has 0 aliphatic rings. The number of carbonyl (C=O) groups excluding carboxylic acids is 1. The van der Waals surface area contributed by atoms with Crippen molar-refractivity contribution in [1.29, 1.82) is 0 Å². The van der Waals surface area contributed by atoms with Gasteiger partial charge in [0.05, 0.1) is 18.3 Å². The van der Waals surface area contributed by atoms with E-state index in [-0.39, 0.29) is 18.0 Å². The van der Waals surface area contributed by atoms with Gasteiger partial charge in [-0.05, 0) is 24.3 Å². The van der Waals surface area contributed by atoms with E-state index in [0.717, 1.165) is 16.5 Å². The lowest BCUT2D eigenvalue weighted by molar-refractivity contribution is -0.885. The van der Waals surface area contributed by atoms with E-state index >= 15 is 0 Å². The third kappa shape index (κ3) is 5.06. The van der Waals surface area contributed by atoms with E-state index in [1.165, 1.54) is 30.3 Å².